The Kier molecular flexibility index (Phi) is 20.3. The lowest BCUT2D eigenvalue weighted by atomic mass is 10.3. The van der Waals surface area contributed by atoms with Crippen LogP contribution >= 0.6 is 110 Å². The van der Waals surface area contributed by atoms with Crippen LogP contribution in [0.3, 0.4) is 0 Å². The molecule has 4 heterocycles. The molecule has 0 radical (unpaired) electrons. The number of halogens is 16. The summed E-state index contributed by atoms with van der Waals surface area (Å²) in [6, 6.07) is 7.94. The fourth-order valence-corrected chi connectivity index (χ4v) is 15.7. The van der Waals surface area contributed by atoms with Crippen molar-refractivity contribution in [1.82, 2.24) is 0 Å². The molecule has 308 valence electrons. The standard InChI is InChI=1S/C16H5Br2F4S3.C12H4F4OS2.C4H2Br2S.BF3.FH.S2/c17-6-5-23-16(15(6)18)25-13-3-9(21)7(19)1-11(13)24-12-2-8(20)10(22)4-14(12)25;13-5-1-9-11(3-7(5)15)19(17)12-4-8(16)6(14)2-10(12)18-9;5-3-1-7-2-4(3)6;2-1(3)4;;1-2/h1-5H;1-4H;1-2H;;1H;/q+1;;;;;/p-1. The van der Waals surface area contributed by atoms with Gasteiger partial charge < -0.3 is 4.70 Å². The Morgan fingerprint density at radius 3 is 1.19 bits per heavy atom. The second-order valence-electron chi connectivity index (χ2n) is 10.1. The highest BCUT2D eigenvalue weighted by molar-refractivity contribution is 9.13. The summed E-state index contributed by atoms with van der Waals surface area (Å²) in [6.07, 6.45) is 0. The van der Waals surface area contributed by atoms with Gasteiger partial charge in [-0.2, -0.15) is 11.3 Å². The number of hydrogen-bond acceptors (Lipinski definition) is 7. The van der Waals surface area contributed by atoms with Crippen LogP contribution in [0.2, 0.25) is 0 Å². The van der Waals surface area contributed by atoms with Crippen LogP contribution < -0.4 is 4.70 Å². The van der Waals surface area contributed by atoms with Crippen molar-refractivity contribution < 1.29 is 57.0 Å². The van der Waals surface area contributed by atoms with Crippen molar-refractivity contribution in [3.8, 4) is 0 Å². The summed E-state index contributed by atoms with van der Waals surface area (Å²) >= 11 is 26.0. The predicted octanol–water partition coefficient (Wildman–Crippen LogP) is 12.4. The maximum absolute atomic E-state index is 13.9. The Hall–Kier alpha value is -0.935. The van der Waals surface area contributed by atoms with Gasteiger partial charge in [0.2, 0.25) is 4.21 Å². The first-order chi connectivity index (χ1) is 26.9. The van der Waals surface area contributed by atoms with Crippen LogP contribution in [0.15, 0.2) is 126 Å². The molecule has 26 heteroatoms. The molecule has 2 aromatic heterocycles. The van der Waals surface area contributed by atoms with Crippen LogP contribution in [0.25, 0.3) is 0 Å². The quantitative estimate of drug-likeness (QED) is 0.0923. The zero-order valence-corrected chi connectivity index (χ0v) is 40.0. The Morgan fingerprint density at radius 1 is 0.534 bits per heavy atom. The first kappa shape index (κ1) is 51.4. The van der Waals surface area contributed by atoms with Crippen molar-refractivity contribution in [2.24, 2.45) is 0 Å². The molecule has 0 bridgehead atoms. The average molecular weight is 1230 g/mol. The second kappa shape index (κ2) is 23.0. The molecule has 0 fully saturated rings. The predicted molar refractivity (Wildman–Crippen MR) is 224 cm³/mol. The van der Waals surface area contributed by atoms with E-state index in [9.17, 15) is 52.3 Å². The summed E-state index contributed by atoms with van der Waals surface area (Å²) in [5.41, 5.74) is 0. The Bertz CT molecular complexity index is 2320. The Balaban J connectivity index is 0.000000240. The summed E-state index contributed by atoms with van der Waals surface area (Å²) in [6.45, 7) is 0. The van der Waals surface area contributed by atoms with Crippen LogP contribution in [0.4, 0.5) is 48.1 Å². The third-order valence-corrected chi connectivity index (χ3v) is 20.6. The van der Waals surface area contributed by atoms with E-state index in [0.29, 0.717) is 19.6 Å². The van der Waals surface area contributed by atoms with Crippen molar-refractivity contribution in [3.05, 3.63) is 129 Å². The van der Waals surface area contributed by atoms with Gasteiger partial charge in [-0.3, -0.25) is 12.9 Å². The van der Waals surface area contributed by atoms with E-state index in [1.807, 2.05) is 16.1 Å². The van der Waals surface area contributed by atoms with Gasteiger partial charge in [0.05, 0.1) is 34.9 Å². The van der Waals surface area contributed by atoms with E-state index < -0.39 is 75.8 Å². The molecule has 1 nitrogen and oxygen atoms in total. The minimum Gasteiger partial charge on any atom is -1.00 e. The Morgan fingerprint density at radius 2 is 0.862 bits per heavy atom. The molecule has 0 amide bonds. The van der Waals surface area contributed by atoms with E-state index in [1.165, 1.54) is 11.3 Å². The highest BCUT2D eigenvalue weighted by Crippen LogP contribution is 2.53. The number of rotatable bonds is 1. The zero-order chi connectivity index (χ0) is 42.5. The molecule has 0 saturated heterocycles. The topological polar surface area (TPSA) is 17.1 Å². The van der Waals surface area contributed by atoms with Gasteiger partial charge in [0.25, 0.3) is 0 Å². The van der Waals surface area contributed by atoms with Gasteiger partial charge in [-0.15, -0.1) is 0 Å². The summed E-state index contributed by atoms with van der Waals surface area (Å²) in [4.78, 5) is 2.68. The van der Waals surface area contributed by atoms with Crippen molar-refractivity contribution in [2.75, 3.05) is 0 Å². The van der Waals surface area contributed by atoms with Gasteiger partial charge in [-0.25, -0.2) is 39.3 Å². The number of hydrogen-bond donors (Lipinski definition) is 0. The maximum Gasteiger partial charge on any atom is 0.762 e. The summed E-state index contributed by atoms with van der Waals surface area (Å²) in [7, 11) is -6.41. The molecule has 0 unspecified atom stereocenters. The average Bonchev–Trinajstić information content (AvgIpc) is 3.69. The Labute approximate surface area is 386 Å². The summed E-state index contributed by atoms with van der Waals surface area (Å²) in [5.74, 6) is -8.26. The fourth-order valence-electron chi connectivity index (χ4n) is 4.35. The van der Waals surface area contributed by atoms with E-state index in [4.69, 9.17) is 0 Å². The molecule has 58 heavy (non-hydrogen) atoms. The largest absolute Gasteiger partial charge is 1.00 e. The molecule has 0 saturated carbocycles. The summed E-state index contributed by atoms with van der Waals surface area (Å²) in [5, 5.41) is 5.92. The normalized spacial score (nSPS) is 12.2. The van der Waals surface area contributed by atoms with Crippen LogP contribution in [0, 0.1) is 46.5 Å². The molecule has 0 aliphatic carbocycles. The lowest BCUT2D eigenvalue weighted by molar-refractivity contribution is -0.0000183. The molecule has 0 atom stereocenters. The molecular formula is C32H11BBr4F12OS8. The number of thiophene rings is 2. The van der Waals surface area contributed by atoms with Gasteiger partial charge in [0.1, 0.15) is 10.9 Å². The molecule has 4 aromatic carbocycles. The molecule has 8 rings (SSSR count). The molecule has 0 N–H and O–H groups in total. The molecular weight excluding hydrogens is 1220 g/mol. The van der Waals surface area contributed by atoms with Gasteiger partial charge in [-0.1, -0.05) is 34.9 Å². The molecule has 2 aliphatic rings. The monoisotopic (exact) mass is 1220 g/mol. The van der Waals surface area contributed by atoms with Gasteiger partial charge in [0.15, 0.2) is 56.3 Å². The second-order valence-corrected chi connectivity index (χ2v) is 20.9. The number of benzene rings is 4. The van der Waals surface area contributed by atoms with Gasteiger partial charge in [-0.05, 0) is 100 Å². The summed E-state index contributed by atoms with van der Waals surface area (Å²) < 4.78 is 154. The van der Waals surface area contributed by atoms with E-state index >= 15 is 0 Å². The SMILES string of the molecule is Brc1cscc1Br.FB(F)F.Fc1cc2c(cc1F)[S+](c1scc(Br)c1Br)c1cc(F)c(F)cc1S2.O=S1c2cc(F)c(F)cc2Sc2cc(F)c(F)cc21.S=S.[F-]. The lowest BCUT2D eigenvalue weighted by Gasteiger charge is -2.19. The maximum atomic E-state index is 13.9. The molecule has 0 spiro atoms. The molecule has 6 aromatic rings. The fraction of sp³-hybridized carbons (Fsp3) is 0. The van der Waals surface area contributed by atoms with E-state index in [1.54, 1.807) is 11.3 Å². The minimum atomic E-state index is -3.67. The van der Waals surface area contributed by atoms with Gasteiger partial charge in [0, 0.05) is 73.9 Å². The van der Waals surface area contributed by atoms with Crippen LogP contribution in [-0.2, 0) is 44.1 Å². The zero-order valence-electron chi connectivity index (χ0n) is 27.1. The van der Waals surface area contributed by atoms with Crippen LogP contribution in [-0.4, -0.2) is 11.8 Å². The first-order valence-corrected chi connectivity index (χ1v) is 24.6. The van der Waals surface area contributed by atoms with E-state index in [2.05, 4.69) is 86.1 Å². The van der Waals surface area contributed by atoms with Crippen molar-refractivity contribution in [2.45, 2.75) is 43.4 Å². The van der Waals surface area contributed by atoms with E-state index in [0.717, 1.165) is 94.2 Å². The van der Waals surface area contributed by atoms with Crippen molar-refractivity contribution in [3.63, 3.8) is 0 Å². The smallest absolute Gasteiger partial charge is 0.762 e. The number of fused-ring (bicyclic) bond motifs is 4. The van der Waals surface area contributed by atoms with E-state index in [-0.39, 0.29) is 24.3 Å². The highest BCUT2D eigenvalue weighted by Gasteiger charge is 2.43. The lowest BCUT2D eigenvalue weighted by Crippen LogP contribution is -3.00. The first-order valence-electron chi connectivity index (χ1n) is 14.2. The van der Waals surface area contributed by atoms with Crippen LogP contribution in [0.5, 0.6) is 0 Å². The third kappa shape index (κ3) is 12.4. The van der Waals surface area contributed by atoms with Crippen molar-refractivity contribution in [1.29, 1.82) is 0 Å². The van der Waals surface area contributed by atoms with Gasteiger partial charge >= 0.3 is 7.54 Å². The third-order valence-electron chi connectivity index (χ3n) is 6.64. The van der Waals surface area contributed by atoms with Crippen molar-refractivity contribution >= 4 is 162 Å². The van der Waals surface area contributed by atoms with Crippen LogP contribution in [0.1, 0.15) is 0 Å². The molecule has 2 aliphatic heterocycles. The highest BCUT2D eigenvalue weighted by atomic mass is 79.9. The minimum absolute atomic E-state index is 0.